The number of ketones is 1. The number of aromatic hydroxyl groups is 1. The van der Waals surface area contributed by atoms with Crippen LogP contribution >= 0.6 is 0 Å². The highest BCUT2D eigenvalue weighted by molar-refractivity contribution is 7.86. The fraction of sp³-hybridized carbons (Fsp3) is 0.462. The van der Waals surface area contributed by atoms with Gasteiger partial charge in [-0.15, -0.1) is 0 Å². The second kappa shape index (κ2) is 6.30. The van der Waals surface area contributed by atoms with Crippen LogP contribution in [-0.2, 0) is 19.6 Å². The van der Waals surface area contributed by atoms with Crippen LogP contribution in [0.5, 0.6) is 11.5 Å². The minimum Gasteiger partial charge on any atom is -0.505 e. The van der Waals surface area contributed by atoms with Crippen LogP contribution in [0.1, 0.15) is 30.8 Å². The Kier molecular flexibility index (Phi) is 5.13. The molecule has 1 heterocycles. The minimum absolute atomic E-state index is 0.219. The van der Waals surface area contributed by atoms with Gasteiger partial charge in [0.25, 0.3) is 0 Å². The number of methoxy groups -OCH3 is 1. The van der Waals surface area contributed by atoms with Crippen LogP contribution in [0.2, 0.25) is 0 Å². The summed E-state index contributed by atoms with van der Waals surface area (Å²) in [5, 5.41) is 9.78. The Labute approximate surface area is 128 Å². The standard InChI is InChI=1S/C13H17NO7S/c1-13(2,12(17)20-3)6-10(16)11-9(15)5-8(7-14-11)21-22(4,18)19/h5,7,15H,6H2,1-4H3. The van der Waals surface area contributed by atoms with E-state index >= 15 is 0 Å². The zero-order chi connectivity index (χ0) is 17.1. The molecule has 0 bridgehead atoms. The first-order valence-corrected chi connectivity index (χ1v) is 7.98. The Bertz CT molecular complexity index is 694. The summed E-state index contributed by atoms with van der Waals surface area (Å²) in [4.78, 5) is 27.4. The smallest absolute Gasteiger partial charge is 0.311 e. The first-order chi connectivity index (χ1) is 9.96. The summed E-state index contributed by atoms with van der Waals surface area (Å²) < 4.78 is 31.1. The number of hydrogen-bond donors (Lipinski definition) is 1. The van der Waals surface area contributed by atoms with Gasteiger partial charge in [0.15, 0.2) is 11.5 Å². The highest BCUT2D eigenvalue weighted by Gasteiger charge is 2.33. The van der Waals surface area contributed by atoms with Crippen molar-refractivity contribution in [3.05, 3.63) is 18.0 Å². The van der Waals surface area contributed by atoms with Gasteiger partial charge in [0.1, 0.15) is 11.4 Å². The summed E-state index contributed by atoms with van der Waals surface area (Å²) in [6.45, 7) is 3.05. The quantitative estimate of drug-likeness (QED) is 0.464. The van der Waals surface area contributed by atoms with Gasteiger partial charge in [-0.2, -0.15) is 8.42 Å². The fourth-order valence-corrected chi connectivity index (χ4v) is 2.14. The summed E-state index contributed by atoms with van der Waals surface area (Å²) in [5.74, 6) is -1.91. The molecule has 1 aromatic heterocycles. The molecule has 9 heteroatoms. The maximum atomic E-state index is 12.1. The predicted molar refractivity (Wildman–Crippen MR) is 76.1 cm³/mol. The Morgan fingerprint density at radius 1 is 1.36 bits per heavy atom. The molecule has 0 radical (unpaired) electrons. The zero-order valence-electron chi connectivity index (χ0n) is 12.6. The van der Waals surface area contributed by atoms with Crippen LogP contribution in [0, 0.1) is 5.41 Å². The van der Waals surface area contributed by atoms with Crippen molar-refractivity contribution in [2.75, 3.05) is 13.4 Å². The molecule has 0 aliphatic carbocycles. The molecule has 1 rings (SSSR count). The number of rotatable bonds is 6. The van der Waals surface area contributed by atoms with Gasteiger partial charge in [-0.1, -0.05) is 0 Å². The Hall–Kier alpha value is -2.16. The van der Waals surface area contributed by atoms with Crippen LogP contribution in [0.3, 0.4) is 0 Å². The lowest BCUT2D eigenvalue weighted by Gasteiger charge is -2.20. The zero-order valence-corrected chi connectivity index (χ0v) is 13.4. The molecule has 1 aromatic rings. The first-order valence-electron chi connectivity index (χ1n) is 6.16. The van der Waals surface area contributed by atoms with Crippen LogP contribution in [0.15, 0.2) is 12.3 Å². The number of carbonyl (C=O) groups excluding carboxylic acids is 2. The van der Waals surface area contributed by atoms with Gasteiger partial charge in [-0.25, -0.2) is 4.98 Å². The molecule has 0 aromatic carbocycles. The summed E-state index contributed by atoms with van der Waals surface area (Å²) >= 11 is 0. The van der Waals surface area contributed by atoms with Gasteiger partial charge in [0, 0.05) is 12.5 Å². The van der Waals surface area contributed by atoms with E-state index in [0.717, 1.165) is 18.5 Å². The number of esters is 1. The molecule has 0 aliphatic rings. The molecule has 0 aliphatic heterocycles. The summed E-state index contributed by atoms with van der Waals surface area (Å²) in [7, 11) is -2.56. The summed E-state index contributed by atoms with van der Waals surface area (Å²) in [6.07, 6.45) is 1.60. The maximum Gasteiger partial charge on any atom is 0.311 e. The summed E-state index contributed by atoms with van der Waals surface area (Å²) in [6, 6.07) is 0.965. The molecule has 0 unspecified atom stereocenters. The molecular weight excluding hydrogens is 314 g/mol. The van der Waals surface area contributed by atoms with E-state index in [1.54, 1.807) is 0 Å². The second-order valence-corrected chi connectivity index (χ2v) is 6.88. The molecule has 0 spiro atoms. The van der Waals surface area contributed by atoms with Crippen molar-refractivity contribution < 1.29 is 32.0 Å². The fourth-order valence-electron chi connectivity index (χ4n) is 1.70. The van der Waals surface area contributed by atoms with Crippen molar-refractivity contribution >= 4 is 21.9 Å². The molecule has 8 nitrogen and oxygen atoms in total. The molecule has 22 heavy (non-hydrogen) atoms. The number of carbonyl (C=O) groups is 2. The molecule has 0 atom stereocenters. The van der Waals surface area contributed by atoms with E-state index in [4.69, 9.17) is 0 Å². The van der Waals surface area contributed by atoms with E-state index in [1.807, 2.05) is 0 Å². The molecule has 1 N–H and O–H groups in total. The first kappa shape index (κ1) is 17.9. The van der Waals surface area contributed by atoms with Crippen molar-refractivity contribution in [2.45, 2.75) is 20.3 Å². The van der Waals surface area contributed by atoms with Crippen LogP contribution in [0.4, 0.5) is 0 Å². The maximum absolute atomic E-state index is 12.1. The lowest BCUT2D eigenvalue weighted by atomic mass is 9.86. The molecular formula is C13H17NO7S. The Morgan fingerprint density at radius 2 is 1.95 bits per heavy atom. The van der Waals surface area contributed by atoms with Crippen molar-refractivity contribution in [2.24, 2.45) is 5.41 Å². The lowest BCUT2D eigenvalue weighted by molar-refractivity contribution is -0.150. The van der Waals surface area contributed by atoms with Crippen molar-refractivity contribution in [1.29, 1.82) is 0 Å². The van der Waals surface area contributed by atoms with Gasteiger partial charge in [0.05, 0.1) is 25.0 Å². The third-order valence-electron chi connectivity index (χ3n) is 2.69. The van der Waals surface area contributed by atoms with E-state index in [9.17, 15) is 23.1 Å². The highest BCUT2D eigenvalue weighted by atomic mass is 32.2. The molecule has 0 amide bonds. The number of ether oxygens (including phenoxy) is 1. The van der Waals surface area contributed by atoms with Crippen LogP contribution < -0.4 is 4.18 Å². The van der Waals surface area contributed by atoms with E-state index in [2.05, 4.69) is 13.9 Å². The molecule has 0 fully saturated rings. The third-order valence-corrected chi connectivity index (χ3v) is 3.19. The van der Waals surface area contributed by atoms with Crippen molar-refractivity contribution in [3.63, 3.8) is 0 Å². The average Bonchev–Trinajstić information content (AvgIpc) is 2.34. The number of nitrogens with zero attached hydrogens (tertiary/aromatic N) is 1. The SMILES string of the molecule is COC(=O)C(C)(C)CC(=O)c1ncc(OS(C)(=O)=O)cc1O. The van der Waals surface area contributed by atoms with Gasteiger partial charge in [-0.3, -0.25) is 9.59 Å². The number of pyridine rings is 1. The molecule has 0 saturated carbocycles. The summed E-state index contributed by atoms with van der Waals surface area (Å²) in [5.41, 5.74) is -1.36. The molecule has 0 saturated heterocycles. The van der Waals surface area contributed by atoms with E-state index in [-0.39, 0.29) is 17.9 Å². The van der Waals surface area contributed by atoms with E-state index in [0.29, 0.717) is 0 Å². The van der Waals surface area contributed by atoms with Crippen LogP contribution in [-0.4, -0.2) is 43.6 Å². The van der Waals surface area contributed by atoms with Gasteiger partial charge in [0.2, 0.25) is 0 Å². The largest absolute Gasteiger partial charge is 0.505 e. The third kappa shape index (κ3) is 4.69. The van der Waals surface area contributed by atoms with Crippen molar-refractivity contribution in [3.8, 4) is 11.5 Å². The van der Waals surface area contributed by atoms with E-state index in [1.165, 1.54) is 21.0 Å². The highest BCUT2D eigenvalue weighted by Crippen LogP contribution is 2.28. The monoisotopic (exact) mass is 331 g/mol. The second-order valence-electron chi connectivity index (χ2n) is 5.30. The minimum atomic E-state index is -3.77. The number of aromatic nitrogens is 1. The van der Waals surface area contributed by atoms with Gasteiger partial charge >= 0.3 is 16.1 Å². The van der Waals surface area contributed by atoms with Crippen LogP contribution in [0.25, 0.3) is 0 Å². The Morgan fingerprint density at radius 3 is 2.41 bits per heavy atom. The van der Waals surface area contributed by atoms with Crippen molar-refractivity contribution in [1.82, 2.24) is 4.98 Å². The Balaban J connectivity index is 2.99. The number of hydrogen-bond acceptors (Lipinski definition) is 8. The van der Waals surface area contributed by atoms with E-state index < -0.39 is 33.0 Å². The lowest BCUT2D eigenvalue weighted by Crippen LogP contribution is -2.28. The average molecular weight is 331 g/mol. The van der Waals surface area contributed by atoms with Gasteiger partial charge < -0.3 is 14.0 Å². The van der Waals surface area contributed by atoms with Gasteiger partial charge in [-0.05, 0) is 13.8 Å². The normalized spacial score (nSPS) is 11.8. The predicted octanol–water partition coefficient (Wildman–Crippen LogP) is 0.898. The topological polar surface area (TPSA) is 120 Å². The number of Topliss-reactive ketones (excluding diaryl/α,β-unsaturated/α-hetero) is 1. The molecule has 122 valence electrons.